The second-order valence-corrected chi connectivity index (χ2v) is 3.49. The maximum atomic E-state index is 8.63. The fraction of sp³-hybridized carbons (Fsp3) is 0.875. The largest absolute Gasteiger partial charge is 0.411 e. The first-order chi connectivity index (χ1) is 5.15. The molecule has 0 aromatic heterocycles. The van der Waals surface area contributed by atoms with Gasteiger partial charge in [0.2, 0.25) is 0 Å². The SMILES string of the molecule is C[C@@H]1CN(C)[C@H](C)C/C1=N\O. The highest BCUT2D eigenvalue weighted by Gasteiger charge is 2.25. The lowest BCUT2D eigenvalue weighted by molar-refractivity contribution is 0.216. The second kappa shape index (κ2) is 3.22. The lowest BCUT2D eigenvalue weighted by Gasteiger charge is -2.33. The molecule has 0 saturated carbocycles. The van der Waals surface area contributed by atoms with E-state index >= 15 is 0 Å². The zero-order valence-corrected chi connectivity index (χ0v) is 7.41. The Bertz CT molecular complexity index is 167. The molecule has 0 spiro atoms. The molecule has 1 N–H and O–H groups in total. The molecule has 1 aliphatic rings. The Morgan fingerprint density at radius 2 is 2.18 bits per heavy atom. The molecule has 0 amide bonds. The Hall–Kier alpha value is -0.570. The van der Waals surface area contributed by atoms with E-state index in [0.717, 1.165) is 18.7 Å². The summed E-state index contributed by atoms with van der Waals surface area (Å²) in [6.07, 6.45) is 0.897. The summed E-state index contributed by atoms with van der Waals surface area (Å²) in [5.41, 5.74) is 0.940. The van der Waals surface area contributed by atoms with E-state index in [9.17, 15) is 0 Å². The molecule has 1 aliphatic heterocycles. The van der Waals surface area contributed by atoms with Crippen LogP contribution in [0.5, 0.6) is 0 Å². The highest BCUT2D eigenvalue weighted by atomic mass is 16.4. The number of oxime groups is 1. The van der Waals surface area contributed by atoms with Gasteiger partial charge in [0.1, 0.15) is 0 Å². The fourth-order valence-corrected chi connectivity index (χ4v) is 1.52. The van der Waals surface area contributed by atoms with Gasteiger partial charge in [0.25, 0.3) is 0 Å². The number of hydrogen-bond donors (Lipinski definition) is 1. The monoisotopic (exact) mass is 156 g/mol. The molecule has 1 saturated heterocycles. The average molecular weight is 156 g/mol. The van der Waals surface area contributed by atoms with Crippen molar-refractivity contribution in [1.82, 2.24) is 4.90 Å². The fourth-order valence-electron chi connectivity index (χ4n) is 1.52. The molecule has 3 heteroatoms. The van der Waals surface area contributed by atoms with Gasteiger partial charge in [-0.1, -0.05) is 12.1 Å². The van der Waals surface area contributed by atoms with Gasteiger partial charge in [0.15, 0.2) is 0 Å². The summed E-state index contributed by atoms with van der Waals surface area (Å²) in [5, 5.41) is 11.9. The lowest BCUT2D eigenvalue weighted by Crippen LogP contribution is -2.42. The number of nitrogens with zero attached hydrogens (tertiary/aromatic N) is 2. The smallest absolute Gasteiger partial charge is 0.0627 e. The van der Waals surface area contributed by atoms with E-state index in [0.29, 0.717) is 12.0 Å². The highest BCUT2D eigenvalue weighted by Crippen LogP contribution is 2.17. The third-order valence-corrected chi connectivity index (χ3v) is 2.52. The topological polar surface area (TPSA) is 35.8 Å². The third kappa shape index (κ3) is 1.71. The van der Waals surface area contributed by atoms with Crippen LogP contribution in [0, 0.1) is 5.92 Å². The molecule has 1 fully saturated rings. The van der Waals surface area contributed by atoms with Crippen molar-refractivity contribution in [3.05, 3.63) is 0 Å². The predicted molar refractivity (Wildman–Crippen MR) is 45.1 cm³/mol. The van der Waals surface area contributed by atoms with E-state index in [2.05, 4.69) is 31.0 Å². The van der Waals surface area contributed by atoms with Crippen molar-refractivity contribution in [2.75, 3.05) is 13.6 Å². The minimum Gasteiger partial charge on any atom is -0.411 e. The van der Waals surface area contributed by atoms with Crippen LogP contribution in [0.25, 0.3) is 0 Å². The van der Waals surface area contributed by atoms with E-state index in [-0.39, 0.29) is 0 Å². The van der Waals surface area contributed by atoms with Crippen molar-refractivity contribution >= 4 is 5.71 Å². The van der Waals surface area contributed by atoms with Crippen LogP contribution >= 0.6 is 0 Å². The van der Waals surface area contributed by atoms with E-state index in [4.69, 9.17) is 5.21 Å². The molecule has 0 bridgehead atoms. The molecule has 3 nitrogen and oxygen atoms in total. The van der Waals surface area contributed by atoms with E-state index in [1.54, 1.807) is 0 Å². The summed E-state index contributed by atoms with van der Waals surface area (Å²) < 4.78 is 0. The molecule has 64 valence electrons. The van der Waals surface area contributed by atoms with Crippen LogP contribution in [-0.2, 0) is 0 Å². The number of rotatable bonds is 0. The molecule has 0 aliphatic carbocycles. The zero-order chi connectivity index (χ0) is 8.43. The van der Waals surface area contributed by atoms with Gasteiger partial charge < -0.3 is 10.1 Å². The molecule has 0 aromatic rings. The van der Waals surface area contributed by atoms with Crippen LogP contribution in [0.3, 0.4) is 0 Å². The summed E-state index contributed by atoms with van der Waals surface area (Å²) in [4.78, 5) is 2.29. The first-order valence-electron chi connectivity index (χ1n) is 4.06. The van der Waals surface area contributed by atoms with Crippen LogP contribution in [-0.4, -0.2) is 35.5 Å². The van der Waals surface area contributed by atoms with Gasteiger partial charge in [-0.25, -0.2) is 0 Å². The van der Waals surface area contributed by atoms with Crippen LogP contribution in [0.15, 0.2) is 5.16 Å². The molecular weight excluding hydrogens is 140 g/mol. The lowest BCUT2D eigenvalue weighted by atomic mass is 9.93. The zero-order valence-electron chi connectivity index (χ0n) is 7.41. The van der Waals surface area contributed by atoms with E-state index < -0.39 is 0 Å². The first-order valence-corrected chi connectivity index (χ1v) is 4.06. The number of piperidine rings is 1. The van der Waals surface area contributed by atoms with Crippen LogP contribution in [0.2, 0.25) is 0 Å². The molecule has 0 aromatic carbocycles. The number of likely N-dealkylation sites (tertiary alicyclic amines) is 1. The van der Waals surface area contributed by atoms with Crippen molar-refractivity contribution in [2.24, 2.45) is 11.1 Å². The molecular formula is C8H16N2O. The minimum absolute atomic E-state index is 0.404. The first kappa shape index (κ1) is 8.53. The van der Waals surface area contributed by atoms with Gasteiger partial charge in [0, 0.05) is 24.9 Å². The van der Waals surface area contributed by atoms with Crippen LogP contribution in [0.1, 0.15) is 20.3 Å². The van der Waals surface area contributed by atoms with Crippen molar-refractivity contribution in [1.29, 1.82) is 0 Å². The summed E-state index contributed by atoms with van der Waals surface area (Å²) >= 11 is 0. The van der Waals surface area contributed by atoms with Gasteiger partial charge >= 0.3 is 0 Å². The van der Waals surface area contributed by atoms with E-state index in [1.165, 1.54) is 0 Å². The van der Waals surface area contributed by atoms with Gasteiger partial charge in [-0.05, 0) is 14.0 Å². The Morgan fingerprint density at radius 3 is 2.73 bits per heavy atom. The normalized spacial score (nSPS) is 37.9. The third-order valence-electron chi connectivity index (χ3n) is 2.52. The van der Waals surface area contributed by atoms with Crippen molar-refractivity contribution in [2.45, 2.75) is 26.3 Å². The summed E-state index contributed by atoms with van der Waals surface area (Å²) in [5.74, 6) is 0.404. The molecule has 1 rings (SSSR count). The van der Waals surface area contributed by atoms with Crippen molar-refractivity contribution < 1.29 is 5.21 Å². The summed E-state index contributed by atoms with van der Waals surface area (Å²) in [6, 6.07) is 0.511. The average Bonchev–Trinajstić information content (AvgIpc) is 1.97. The number of hydrogen-bond acceptors (Lipinski definition) is 3. The molecule has 0 radical (unpaired) electrons. The molecule has 11 heavy (non-hydrogen) atoms. The Labute approximate surface area is 67.7 Å². The Balaban J connectivity index is 2.62. The highest BCUT2D eigenvalue weighted by molar-refractivity contribution is 5.87. The molecule has 0 unspecified atom stereocenters. The predicted octanol–water partition coefficient (Wildman–Crippen LogP) is 1.18. The summed E-state index contributed by atoms with van der Waals surface area (Å²) in [7, 11) is 2.11. The van der Waals surface area contributed by atoms with Gasteiger partial charge in [0.05, 0.1) is 5.71 Å². The standard InChI is InChI=1S/C8H16N2O/c1-6-5-10(3)7(2)4-8(6)9-11/h6-7,11H,4-5H2,1-3H3/b9-8+/t6-,7-/m1/s1. The minimum atomic E-state index is 0.404. The van der Waals surface area contributed by atoms with Gasteiger partial charge in [-0.2, -0.15) is 0 Å². The molecule has 1 heterocycles. The van der Waals surface area contributed by atoms with Crippen molar-refractivity contribution in [3.8, 4) is 0 Å². The summed E-state index contributed by atoms with van der Waals surface area (Å²) in [6.45, 7) is 5.25. The van der Waals surface area contributed by atoms with Crippen molar-refractivity contribution in [3.63, 3.8) is 0 Å². The quantitative estimate of drug-likeness (QED) is 0.422. The van der Waals surface area contributed by atoms with Crippen LogP contribution < -0.4 is 0 Å². The van der Waals surface area contributed by atoms with Crippen LogP contribution in [0.4, 0.5) is 0 Å². The Kier molecular flexibility index (Phi) is 2.49. The van der Waals surface area contributed by atoms with Gasteiger partial charge in [-0.3, -0.25) is 0 Å². The Morgan fingerprint density at radius 1 is 1.55 bits per heavy atom. The van der Waals surface area contributed by atoms with Gasteiger partial charge in [-0.15, -0.1) is 0 Å². The second-order valence-electron chi connectivity index (χ2n) is 3.49. The van der Waals surface area contributed by atoms with E-state index in [1.807, 2.05) is 0 Å². The maximum Gasteiger partial charge on any atom is 0.0627 e. The molecule has 2 atom stereocenters. The maximum absolute atomic E-state index is 8.63.